The predicted octanol–water partition coefficient (Wildman–Crippen LogP) is 5.06. The van der Waals surface area contributed by atoms with Crippen molar-refractivity contribution in [1.29, 1.82) is 0 Å². The first-order valence-corrected chi connectivity index (χ1v) is 12.7. The Morgan fingerprint density at radius 3 is 2.67 bits per heavy atom. The first-order valence-electron chi connectivity index (χ1n) is 10.4. The Hall–Kier alpha value is -2.05. The van der Waals surface area contributed by atoms with Crippen LogP contribution in [-0.2, 0) is 32.4 Å². The van der Waals surface area contributed by atoms with Crippen LogP contribution >= 0.6 is 10.7 Å². The minimum atomic E-state index is -4.00. The van der Waals surface area contributed by atoms with Gasteiger partial charge in [-0.2, -0.15) is 8.42 Å². The fourth-order valence-electron chi connectivity index (χ4n) is 5.70. The van der Waals surface area contributed by atoms with Gasteiger partial charge >= 0.3 is 9.24 Å². The standard InChI is InChI=1S/C23H24ClNO4S/c24-30(26,27)25-21-15-22-11-4-5-12-23(22,29-21)13-10-18-14-19(8-9-20(18)22)28-16-17-6-2-1-3-7-17/h1-3,6-9,14H,4-5,10-13,15-16H2/t22-,23+/m0/s1. The number of hydrogen-bond donors (Lipinski definition) is 0. The lowest BCUT2D eigenvalue weighted by Gasteiger charge is -2.51. The molecule has 1 aliphatic heterocycles. The number of ether oxygens (including phenoxy) is 2. The van der Waals surface area contributed by atoms with E-state index >= 15 is 0 Å². The molecule has 2 aliphatic carbocycles. The van der Waals surface area contributed by atoms with E-state index < -0.39 is 9.24 Å². The zero-order valence-corrected chi connectivity index (χ0v) is 18.2. The number of halogens is 1. The molecule has 0 aromatic heterocycles. The molecule has 2 aromatic rings. The van der Waals surface area contributed by atoms with Gasteiger partial charge in [-0.25, -0.2) is 0 Å². The average Bonchev–Trinajstić information content (AvgIpc) is 3.06. The number of fused-ring (bicyclic) bond motifs is 1. The average molecular weight is 446 g/mol. The third-order valence-electron chi connectivity index (χ3n) is 6.92. The minimum absolute atomic E-state index is 0.239. The summed E-state index contributed by atoms with van der Waals surface area (Å²) in [5.74, 6) is 1.11. The summed E-state index contributed by atoms with van der Waals surface area (Å²) in [6, 6.07) is 16.4. The normalized spacial score (nSPS) is 28.9. The van der Waals surface area contributed by atoms with E-state index in [0.717, 1.165) is 49.8 Å². The third-order valence-corrected chi connectivity index (χ3v) is 7.55. The maximum atomic E-state index is 11.6. The largest absolute Gasteiger partial charge is 0.489 e. The van der Waals surface area contributed by atoms with Crippen molar-refractivity contribution in [2.24, 2.45) is 4.40 Å². The van der Waals surface area contributed by atoms with Crippen LogP contribution < -0.4 is 4.74 Å². The summed E-state index contributed by atoms with van der Waals surface area (Å²) in [6.45, 7) is 0.530. The van der Waals surface area contributed by atoms with E-state index in [4.69, 9.17) is 20.2 Å². The second kappa shape index (κ2) is 7.27. The highest BCUT2D eigenvalue weighted by atomic mass is 35.7. The monoisotopic (exact) mass is 445 g/mol. The molecule has 0 unspecified atom stereocenters. The van der Waals surface area contributed by atoms with Crippen molar-refractivity contribution in [2.45, 2.75) is 62.6 Å². The van der Waals surface area contributed by atoms with E-state index in [0.29, 0.717) is 13.0 Å². The highest BCUT2D eigenvalue weighted by molar-refractivity contribution is 8.12. The van der Waals surface area contributed by atoms with Crippen LogP contribution in [0.4, 0.5) is 0 Å². The Kier molecular flexibility index (Phi) is 4.82. The van der Waals surface area contributed by atoms with E-state index in [1.165, 1.54) is 11.1 Å². The van der Waals surface area contributed by atoms with Gasteiger partial charge in [0.1, 0.15) is 18.0 Å². The Balaban J connectivity index is 1.48. The Labute approximate surface area is 181 Å². The van der Waals surface area contributed by atoms with Crippen LogP contribution in [0.3, 0.4) is 0 Å². The van der Waals surface area contributed by atoms with Crippen molar-refractivity contribution < 1.29 is 17.9 Å². The maximum absolute atomic E-state index is 11.6. The molecule has 158 valence electrons. The van der Waals surface area contributed by atoms with Crippen LogP contribution in [0.15, 0.2) is 52.9 Å². The molecule has 2 atom stereocenters. The van der Waals surface area contributed by atoms with E-state index in [2.05, 4.69) is 28.7 Å². The topological polar surface area (TPSA) is 65.0 Å². The molecule has 7 heteroatoms. The van der Waals surface area contributed by atoms with Gasteiger partial charge in [-0.15, -0.1) is 4.40 Å². The van der Waals surface area contributed by atoms with Gasteiger partial charge < -0.3 is 9.47 Å². The number of nitrogens with zero attached hydrogens (tertiary/aromatic N) is 1. The van der Waals surface area contributed by atoms with Crippen molar-refractivity contribution in [3.05, 3.63) is 65.2 Å². The smallest absolute Gasteiger partial charge is 0.342 e. The quantitative estimate of drug-likeness (QED) is 0.616. The molecule has 0 N–H and O–H groups in total. The fraction of sp³-hybridized carbons (Fsp3) is 0.435. The van der Waals surface area contributed by atoms with Crippen molar-refractivity contribution in [3.8, 4) is 5.75 Å². The molecule has 5 rings (SSSR count). The summed E-state index contributed by atoms with van der Waals surface area (Å²) >= 11 is 0. The lowest BCUT2D eigenvalue weighted by atomic mass is 9.54. The predicted molar refractivity (Wildman–Crippen MR) is 116 cm³/mol. The first-order chi connectivity index (χ1) is 14.4. The molecule has 5 nitrogen and oxygen atoms in total. The number of benzene rings is 2. The van der Waals surface area contributed by atoms with Crippen LogP contribution in [-0.4, -0.2) is 19.9 Å². The Morgan fingerprint density at radius 1 is 1.07 bits per heavy atom. The summed E-state index contributed by atoms with van der Waals surface area (Å²) in [5.41, 5.74) is 3.02. The molecule has 30 heavy (non-hydrogen) atoms. The molecule has 0 amide bonds. The van der Waals surface area contributed by atoms with Crippen molar-refractivity contribution >= 4 is 25.8 Å². The number of aryl methyl sites for hydroxylation is 1. The van der Waals surface area contributed by atoms with Gasteiger partial charge in [0.25, 0.3) is 0 Å². The highest BCUT2D eigenvalue weighted by Crippen LogP contribution is 2.60. The van der Waals surface area contributed by atoms with Gasteiger partial charge in [0, 0.05) is 22.5 Å². The molecule has 1 saturated carbocycles. The van der Waals surface area contributed by atoms with E-state index in [-0.39, 0.29) is 16.9 Å². The third kappa shape index (κ3) is 3.40. The van der Waals surface area contributed by atoms with E-state index in [1.807, 2.05) is 24.3 Å². The SMILES string of the molecule is O=S(=O)(Cl)N=C1C[C@]23CCCC[C@]2(CCc2cc(OCc4ccccc4)ccc23)O1. The van der Waals surface area contributed by atoms with Gasteiger partial charge in [0.15, 0.2) is 0 Å². The van der Waals surface area contributed by atoms with Crippen LogP contribution in [0.1, 0.15) is 55.2 Å². The summed E-state index contributed by atoms with van der Waals surface area (Å²) in [6.07, 6.45) is 6.26. The Morgan fingerprint density at radius 2 is 1.87 bits per heavy atom. The summed E-state index contributed by atoms with van der Waals surface area (Å²) in [5, 5.41) is 0. The molecule has 0 radical (unpaired) electrons. The molecule has 2 fully saturated rings. The van der Waals surface area contributed by atoms with Gasteiger partial charge in [0.2, 0.25) is 5.90 Å². The molecular formula is C23H24ClNO4S. The second-order valence-electron chi connectivity index (χ2n) is 8.55. The molecule has 1 saturated heterocycles. The molecule has 0 bridgehead atoms. The van der Waals surface area contributed by atoms with E-state index in [9.17, 15) is 8.42 Å². The lowest BCUT2D eigenvalue weighted by Crippen LogP contribution is -2.53. The van der Waals surface area contributed by atoms with Gasteiger partial charge in [-0.3, -0.25) is 0 Å². The van der Waals surface area contributed by atoms with Gasteiger partial charge in [-0.05, 0) is 60.9 Å². The zero-order valence-electron chi connectivity index (χ0n) is 16.6. The summed E-state index contributed by atoms with van der Waals surface area (Å²) in [7, 11) is 1.40. The van der Waals surface area contributed by atoms with Crippen LogP contribution in [0.2, 0.25) is 0 Å². The molecule has 3 aliphatic rings. The lowest BCUT2D eigenvalue weighted by molar-refractivity contribution is -0.0324. The van der Waals surface area contributed by atoms with Gasteiger partial charge in [0.05, 0.1) is 0 Å². The zero-order chi connectivity index (χ0) is 20.8. The second-order valence-corrected chi connectivity index (χ2v) is 10.7. The van der Waals surface area contributed by atoms with Crippen LogP contribution in [0, 0.1) is 0 Å². The van der Waals surface area contributed by atoms with Crippen LogP contribution in [0.25, 0.3) is 0 Å². The fourth-order valence-corrected chi connectivity index (χ4v) is 6.27. The van der Waals surface area contributed by atoms with E-state index in [1.54, 1.807) is 0 Å². The summed E-state index contributed by atoms with van der Waals surface area (Å²) < 4.78 is 39.1. The molecule has 2 aromatic carbocycles. The van der Waals surface area contributed by atoms with Crippen molar-refractivity contribution in [1.82, 2.24) is 0 Å². The van der Waals surface area contributed by atoms with Crippen molar-refractivity contribution in [3.63, 3.8) is 0 Å². The minimum Gasteiger partial charge on any atom is -0.489 e. The number of hydrogen-bond acceptors (Lipinski definition) is 4. The van der Waals surface area contributed by atoms with Crippen molar-refractivity contribution in [2.75, 3.05) is 0 Å². The Bertz CT molecular complexity index is 1100. The van der Waals surface area contributed by atoms with Gasteiger partial charge in [-0.1, -0.05) is 42.8 Å². The summed E-state index contributed by atoms with van der Waals surface area (Å²) in [4.78, 5) is 0. The highest BCUT2D eigenvalue weighted by Gasteiger charge is 2.63. The number of rotatable bonds is 4. The molecular weight excluding hydrogens is 422 g/mol. The maximum Gasteiger partial charge on any atom is 0.342 e. The first kappa shape index (κ1) is 19.9. The van der Waals surface area contributed by atoms with Crippen LogP contribution in [0.5, 0.6) is 5.75 Å². The molecule has 1 heterocycles. The molecule has 0 spiro atoms.